The van der Waals surface area contributed by atoms with Crippen molar-refractivity contribution >= 4 is 22.2 Å². The average molecular weight is 259 g/mol. The standard InChI is InChI=1S/C13H13N3O3/c1-15-12-3-2-10(16(17)18)8-11(12)13(14-15)9-4-6-19-7-5-9/h2-4,8H,5-7H2,1H3. The van der Waals surface area contributed by atoms with Crippen molar-refractivity contribution in [3.8, 4) is 0 Å². The number of nitro groups is 1. The molecule has 6 heteroatoms. The molecule has 1 aromatic carbocycles. The van der Waals surface area contributed by atoms with Crippen LogP contribution in [0, 0.1) is 10.1 Å². The van der Waals surface area contributed by atoms with Crippen LogP contribution in [0.5, 0.6) is 0 Å². The van der Waals surface area contributed by atoms with Gasteiger partial charge in [-0.3, -0.25) is 14.8 Å². The molecule has 0 amide bonds. The molecule has 0 atom stereocenters. The number of ether oxygens (including phenoxy) is 1. The number of nitrogens with zero attached hydrogens (tertiary/aromatic N) is 3. The largest absolute Gasteiger partial charge is 0.377 e. The highest BCUT2D eigenvalue weighted by molar-refractivity contribution is 5.92. The summed E-state index contributed by atoms with van der Waals surface area (Å²) >= 11 is 0. The lowest BCUT2D eigenvalue weighted by Gasteiger charge is -2.11. The summed E-state index contributed by atoms with van der Waals surface area (Å²) < 4.78 is 7.04. The summed E-state index contributed by atoms with van der Waals surface area (Å²) in [5.41, 5.74) is 2.91. The van der Waals surface area contributed by atoms with E-state index in [9.17, 15) is 10.1 Å². The highest BCUT2D eigenvalue weighted by Crippen LogP contribution is 2.30. The summed E-state index contributed by atoms with van der Waals surface area (Å²) in [4.78, 5) is 10.5. The van der Waals surface area contributed by atoms with E-state index in [-0.39, 0.29) is 10.6 Å². The molecule has 98 valence electrons. The van der Waals surface area contributed by atoms with E-state index in [1.807, 2.05) is 13.1 Å². The van der Waals surface area contributed by atoms with Crippen LogP contribution in [0.4, 0.5) is 5.69 Å². The molecule has 0 bridgehead atoms. The molecule has 1 aliphatic rings. The Hall–Kier alpha value is -2.21. The van der Waals surface area contributed by atoms with Crippen molar-refractivity contribution in [1.29, 1.82) is 0 Å². The lowest BCUT2D eigenvalue weighted by atomic mass is 10.0. The number of non-ortho nitro benzene ring substituents is 1. The molecule has 0 radical (unpaired) electrons. The second kappa shape index (κ2) is 4.47. The van der Waals surface area contributed by atoms with Crippen molar-refractivity contribution < 1.29 is 9.66 Å². The maximum atomic E-state index is 10.9. The number of aromatic nitrogens is 2. The molecule has 0 saturated heterocycles. The van der Waals surface area contributed by atoms with Crippen LogP contribution < -0.4 is 0 Å². The molecule has 2 heterocycles. The Morgan fingerprint density at radius 1 is 1.47 bits per heavy atom. The molecule has 19 heavy (non-hydrogen) atoms. The SMILES string of the molecule is Cn1nc(C2=CCOCC2)c2cc([N+](=O)[O-])ccc21. The molecule has 0 N–H and O–H groups in total. The zero-order valence-corrected chi connectivity index (χ0v) is 10.5. The van der Waals surface area contributed by atoms with Crippen LogP contribution in [0.1, 0.15) is 12.1 Å². The molecule has 0 unspecified atom stereocenters. The van der Waals surface area contributed by atoms with Gasteiger partial charge in [-0.05, 0) is 18.1 Å². The van der Waals surface area contributed by atoms with Gasteiger partial charge in [0.15, 0.2) is 0 Å². The monoisotopic (exact) mass is 259 g/mol. The Kier molecular flexibility index (Phi) is 2.79. The van der Waals surface area contributed by atoms with Crippen LogP contribution in [-0.2, 0) is 11.8 Å². The van der Waals surface area contributed by atoms with Gasteiger partial charge in [0.25, 0.3) is 5.69 Å². The van der Waals surface area contributed by atoms with Gasteiger partial charge in [-0.2, -0.15) is 5.10 Å². The second-order valence-corrected chi connectivity index (χ2v) is 4.49. The predicted molar refractivity (Wildman–Crippen MR) is 70.8 cm³/mol. The van der Waals surface area contributed by atoms with E-state index < -0.39 is 0 Å². The van der Waals surface area contributed by atoms with E-state index in [1.54, 1.807) is 16.8 Å². The van der Waals surface area contributed by atoms with Crippen molar-refractivity contribution in [1.82, 2.24) is 9.78 Å². The van der Waals surface area contributed by atoms with Crippen LogP contribution in [0.3, 0.4) is 0 Å². The van der Waals surface area contributed by atoms with Gasteiger partial charge in [-0.25, -0.2) is 0 Å². The molecule has 1 aliphatic heterocycles. The summed E-state index contributed by atoms with van der Waals surface area (Å²) in [6.45, 7) is 1.24. The van der Waals surface area contributed by atoms with Crippen molar-refractivity contribution in [3.05, 3.63) is 40.1 Å². The van der Waals surface area contributed by atoms with E-state index in [0.717, 1.165) is 28.6 Å². The number of fused-ring (bicyclic) bond motifs is 1. The smallest absolute Gasteiger partial charge is 0.270 e. The lowest BCUT2D eigenvalue weighted by molar-refractivity contribution is -0.384. The third-order valence-electron chi connectivity index (χ3n) is 3.31. The second-order valence-electron chi connectivity index (χ2n) is 4.49. The van der Waals surface area contributed by atoms with Crippen molar-refractivity contribution in [2.45, 2.75) is 6.42 Å². The minimum Gasteiger partial charge on any atom is -0.377 e. The fourth-order valence-electron chi connectivity index (χ4n) is 2.35. The van der Waals surface area contributed by atoms with Gasteiger partial charge in [0.2, 0.25) is 0 Å². The van der Waals surface area contributed by atoms with E-state index >= 15 is 0 Å². The maximum Gasteiger partial charge on any atom is 0.270 e. The highest BCUT2D eigenvalue weighted by atomic mass is 16.6. The third kappa shape index (κ3) is 2.00. The normalized spacial score (nSPS) is 15.5. The van der Waals surface area contributed by atoms with Gasteiger partial charge in [0.05, 0.1) is 29.3 Å². The Labute approximate surface area is 109 Å². The van der Waals surface area contributed by atoms with Gasteiger partial charge in [0.1, 0.15) is 0 Å². The molecule has 0 fully saturated rings. The lowest BCUT2D eigenvalue weighted by Crippen LogP contribution is -2.04. The molecular formula is C13H13N3O3. The van der Waals surface area contributed by atoms with Gasteiger partial charge in [0, 0.05) is 24.6 Å². The van der Waals surface area contributed by atoms with Gasteiger partial charge >= 0.3 is 0 Å². The Morgan fingerprint density at radius 3 is 3.00 bits per heavy atom. The van der Waals surface area contributed by atoms with Gasteiger partial charge in [-0.1, -0.05) is 6.08 Å². The molecule has 6 nitrogen and oxygen atoms in total. The maximum absolute atomic E-state index is 10.9. The summed E-state index contributed by atoms with van der Waals surface area (Å²) in [6, 6.07) is 4.84. The van der Waals surface area contributed by atoms with E-state index in [1.165, 1.54) is 6.07 Å². The van der Waals surface area contributed by atoms with E-state index in [2.05, 4.69) is 5.10 Å². The van der Waals surface area contributed by atoms with Crippen LogP contribution in [0.2, 0.25) is 0 Å². The summed E-state index contributed by atoms with van der Waals surface area (Å²) in [7, 11) is 1.84. The first kappa shape index (κ1) is 11.9. The summed E-state index contributed by atoms with van der Waals surface area (Å²) in [5.74, 6) is 0. The molecule has 1 aromatic heterocycles. The number of nitro benzene ring substituents is 1. The third-order valence-corrected chi connectivity index (χ3v) is 3.31. The Balaban J connectivity index is 2.21. The zero-order valence-electron chi connectivity index (χ0n) is 10.5. The molecule has 2 aromatic rings. The van der Waals surface area contributed by atoms with E-state index in [0.29, 0.717) is 13.2 Å². The van der Waals surface area contributed by atoms with Gasteiger partial charge in [-0.15, -0.1) is 0 Å². The average Bonchev–Trinajstić information content (AvgIpc) is 2.77. The van der Waals surface area contributed by atoms with Crippen LogP contribution in [-0.4, -0.2) is 27.9 Å². The number of benzene rings is 1. The molecule has 0 saturated carbocycles. The highest BCUT2D eigenvalue weighted by Gasteiger charge is 2.17. The fraction of sp³-hybridized carbons (Fsp3) is 0.308. The first-order valence-electron chi connectivity index (χ1n) is 6.05. The number of aryl methyl sites for hydroxylation is 1. The zero-order chi connectivity index (χ0) is 13.4. The van der Waals surface area contributed by atoms with Crippen molar-refractivity contribution in [3.63, 3.8) is 0 Å². The summed E-state index contributed by atoms with van der Waals surface area (Å²) in [5, 5.41) is 16.2. The number of hydrogen-bond donors (Lipinski definition) is 0. The minimum atomic E-state index is -0.380. The van der Waals surface area contributed by atoms with Gasteiger partial charge < -0.3 is 4.74 Å². The molecule has 0 aliphatic carbocycles. The minimum absolute atomic E-state index is 0.0920. The van der Waals surface area contributed by atoms with Crippen molar-refractivity contribution in [2.24, 2.45) is 7.05 Å². The quantitative estimate of drug-likeness (QED) is 0.612. The number of hydrogen-bond acceptors (Lipinski definition) is 4. The fourth-order valence-corrected chi connectivity index (χ4v) is 2.35. The van der Waals surface area contributed by atoms with E-state index in [4.69, 9.17) is 4.74 Å². The number of rotatable bonds is 2. The molecular weight excluding hydrogens is 246 g/mol. The Bertz CT molecular complexity index is 688. The van der Waals surface area contributed by atoms with Crippen molar-refractivity contribution in [2.75, 3.05) is 13.2 Å². The molecule has 0 spiro atoms. The predicted octanol–water partition coefficient (Wildman–Crippen LogP) is 2.29. The Morgan fingerprint density at radius 2 is 2.32 bits per heavy atom. The van der Waals surface area contributed by atoms with Crippen LogP contribution in [0.15, 0.2) is 24.3 Å². The first-order chi connectivity index (χ1) is 9.16. The topological polar surface area (TPSA) is 70.2 Å². The molecule has 3 rings (SSSR count). The van der Waals surface area contributed by atoms with Crippen LogP contribution >= 0.6 is 0 Å². The summed E-state index contributed by atoms with van der Waals surface area (Å²) in [6.07, 6.45) is 2.78. The first-order valence-corrected chi connectivity index (χ1v) is 6.05. The van der Waals surface area contributed by atoms with Crippen LogP contribution in [0.25, 0.3) is 16.5 Å².